The maximum atomic E-state index is 13.2. The highest BCUT2D eigenvalue weighted by molar-refractivity contribution is 7.90. The van der Waals surface area contributed by atoms with Gasteiger partial charge in [0, 0.05) is 11.8 Å². The Labute approximate surface area is 186 Å². The summed E-state index contributed by atoms with van der Waals surface area (Å²) in [6.45, 7) is 1.87. The van der Waals surface area contributed by atoms with Gasteiger partial charge in [0.05, 0.1) is 23.3 Å². The van der Waals surface area contributed by atoms with E-state index in [2.05, 4.69) is 5.32 Å². The van der Waals surface area contributed by atoms with Gasteiger partial charge in [-0.25, -0.2) is 13.2 Å². The van der Waals surface area contributed by atoms with E-state index in [0.717, 1.165) is 11.8 Å². The second-order valence-corrected chi connectivity index (χ2v) is 9.14. The van der Waals surface area contributed by atoms with Crippen LogP contribution in [-0.2, 0) is 19.4 Å². The molecule has 0 radical (unpaired) electrons. The van der Waals surface area contributed by atoms with Gasteiger partial charge in [-0.05, 0) is 36.8 Å². The number of benzene rings is 3. The third-order valence-corrected chi connectivity index (χ3v) is 5.84. The van der Waals surface area contributed by atoms with E-state index < -0.39 is 27.8 Å². The maximum absolute atomic E-state index is 13.2. The quantitative estimate of drug-likeness (QED) is 0.544. The number of methoxy groups -OCH3 is 1. The number of carbonyl (C=O) groups excluding carboxylic acids is 2. The fraction of sp³-hybridized carbons (Fsp3) is 0.167. The van der Waals surface area contributed by atoms with Gasteiger partial charge in [-0.1, -0.05) is 48.5 Å². The van der Waals surface area contributed by atoms with Gasteiger partial charge in [0.1, 0.15) is 5.75 Å². The first-order chi connectivity index (χ1) is 15.2. The molecule has 0 aliphatic carbocycles. The van der Waals surface area contributed by atoms with Crippen LogP contribution in [0.1, 0.15) is 27.6 Å². The molecule has 0 heterocycles. The Balaban J connectivity index is 1.96. The van der Waals surface area contributed by atoms with Crippen LogP contribution in [0.15, 0.2) is 77.7 Å². The second-order valence-electron chi connectivity index (χ2n) is 7.16. The van der Waals surface area contributed by atoms with Gasteiger partial charge < -0.3 is 14.8 Å². The first-order valence-electron chi connectivity index (χ1n) is 9.71. The molecule has 1 N–H and O–H groups in total. The van der Waals surface area contributed by atoms with Gasteiger partial charge in [0.15, 0.2) is 9.84 Å². The van der Waals surface area contributed by atoms with E-state index in [1.165, 1.54) is 31.4 Å². The Bertz CT molecular complexity index is 1240. The lowest BCUT2D eigenvalue weighted by Gasteiger charge is -2.20. The maximum Gasteiger partial charge on any atom is 0.340 e. The van der Waals surface area contributed by atoms with Crippen molar-refractivity contribution in [1.82, 2.24) is 0 Å². The van der Waals surface area contributed by atoms with Crippen molar-refractivity contribution in [2.75, 3.05) is 18.7 Å². The average molecular weight is 454 g/mol. The normalized spacial score (nSPS) is 12.0. The van der Waals surface area contributed by atoms with Crippen molar-refractivity contribution in [2.24, 2.45) is 0 Å². The molecule has 7 nitrogen and oxygen atoms in total. The Morgan fingerprint density at radius 2 is 1.59 bits per heavy atom. The zero-order valence-electron chi connectivity index (χ0n) is 17.9. The molecule has 166 valence electrons. The summed E-state index contributed by atoms with van der Waals surface area (Å²) in [6, 6.07) is 19.5. The number of hydrogen-bond donors (Lipinski definition) is 1. The molecule has 0 saturated heterocycles. The van der Waals surface area contributed by atoms with Crippen LogP contribution in [0.25, 0.3) is 0 Å². The number of ether oxygens (including phenoxy) is 2. The summed E-state index contributed by atoms with van der Waals surface area (Å²) in [6.07, 6.45) is -0.314. The number of amides is 1. The fourth-order valence-electron chi connectivity index (χ4n) is 3.15. The molecule has 0 aliphatic rings. The standard InChI is InChI=1S/C24H23NO6S/c1-16-13-14-20(30-2)19(15-16)25-23(26)22(17-9-5-4-6-10-17)31-24(27)18-11-7-8-12-21(18)32(3,28)29/h4-15,22H,1-3H3,(H,25,26)/t22-/m0/s1. The summed E-state index contributed by atoms with van der Waals surface area (Å²) >= 11 is 0. The molecule has 0 aliphatic heterocycles. The Hall–Kier alpha value is -3.65. The number of nitrogens with one attached hydrogen (secondary N) is 1. The largest absolute Gasteiger partial charge is 0.495 e. The van der Waals surface area contributed by atoms with E-state index in [1.807, 2.05) is 13.0 Å². The molecule has 3 rings (SSSR count). The molecular weight excluding hydrogens is 430 g/mol. The van der Waals surface area contributed by atoms with Gasteiger partial charge >= 0.3 is 5.97 Å². The molecule has 0 fully saturated rings. The molecule has 0 bridgehead atoms. The van der Waals surface area contributed by atoms with Gasteiger partial charge in [-0.3, -0.25) is 4.79 Å². The highest BCUT2D eigenvalue weighted by Gasteiger charge is 2.28. The number of esters is 1. The first-order valence-corrected chi connectivity index (χ1v) is 11.6. The summed E-state index contributed by atoms with van der Waals surface area (Å²) in [4.78, 5) is 25.9. The van der Waals surface area contributed by atoms with E-state index in [1.54, 1.807) is 42.5 Å². The van der Waals surface area contributed by atoms with Crippen LogP contribution in [-0.4, -0.2) is 33.7 Å². The van der Waals surface area contributed by atoms with Crippen LogP contribution in [0.3, 0.4) is 0 Å². The van der Waals surface area contributed by atoms with E-state index >= 15 is 0 Å². The average Bonchev–Trinajstić information content (AvgIpc) is 2.77. The first kappa shape index (κ1) is 23.0. The molecule has 32 heavy (non-hydrogen) atoms. The van der Waals surface area contributed by atoms with Gasteiger partial charge in [0.25, 0.3) is 5.91 Å². The van der Waals surface area contributed by atoms with Crippen molar-refractivity contribution in [1.29, 1.82) is 0 Å². The third-order valence-electron chi connectivity index (χ3n) is 4.68. The lowest BCUT2D eigenvalue weighted by atomic mass is 10.1. The monoisotopic (exact) mass is 453 g/mol. The van der Waals surface area contributed by atoms with Gasteiger partial charge in [0.2, 0.25) is 6.10 Å². The minimum Gasteiger partial charge on any atom is -0.495 e. The van der Waals surface area contributed by atoms with Crippen molar-refractivity contribution in [2.45, 2.75) is 17.9 Å². The predicted octanol–water partition coefficient (Wildman–Crippen LogP) is 3.94. The molecule has 3 aromatic rings. The van der Waals surface area contributed by atoms with E-state index in [-0.39, 0.29) is 10.5 Å². The second kappa shape index (κ2) is 9.65. The molecule has 0 aromatic heterocycles. The minimum absolute atomic E-state index is 0.142. The van der Waals surface area contributed by atoms with Crippen molar-refractivity contribution >= 4 is 27.4 Å². The molecule has 3 aromatic carbocycles. The lowest BCUT2D eigenvalue weighted by Crippen LogP contribution is -2.26. The molecule has 0 spiro atoms. The van der Waals surface area contributed by atoms with Crippen molar-refractivity contribution in [3.8, 4) is 5.75 Å². The topological polar surface area (TPSA) is 98.8 Å². The van der Waals surface area contributed by atoms with E-state index in [9.17, 15) is 18.0 Å². The number of hydrogen-bond acceptors (Lipinski definition) is 6. The number of sulfone groups is 1. The Morgan fingerprint density at radius 3 is 2.25 bits per heavy atom. The van der Waals surface area contributed by atoms with Crippen LogP contribution >= 0.6 is 0 Å². The van der Waals surface area contributed by atoms with Crippen LogP contribution in [0.4, 0.5) is 5.69 Å². The SMILES string of the molecule is COc1ccc(C)cc1NC(=O)[C@@H](OC(=O)c1ccccc1S(C)(=O)=O)c1ccccc1. The smallest absolute Gasteiger partial charge is 0.340 e. The summed E-state index contributed by atoms with van der Waals surface area (Å²) in [7, 11) is -2.20. The summed E-state index contributed by atoms with van der Waals surface area (Å²) in [5.41, 5.74) is 1.61. The molecular formula is C24H23NO6S. The highest BCUT2D eigenvalue weighted by Crippen LogP contribution is 2.28. The molecule has 0 unspecified atom stereocenters. The third kappa shape index (κ3) is 5.33. The zero-order chi connectivity index (χ0) is 23.3. The van der Waals surface area contributed by atoms with Crippen molar-refractivity contribution in [3.63, 3.8) is 0 Å². The van der Waals surface area contributed by atoms with Gasteiger partial charge in [-0.15, -0.1) is 0 Å². The van der Waals surface area contributed by atoms with Crippen molar-refractivity contribution in [3.05, 3.63) is 89.5 Å². The summed E-state index contributed by atoms with van der Waals surface area (Å²) in [5, 5.41) is 2.74. The van der Waals surface area contributed by atoms with Gasteiger partial charge in [-0.2, -0.15) is 0 Å². The van der Waals surface area contributed by atoms with Crippen LogP contribution in [0.2, 0.25) is 0 Å². The number of carbonyl (C=O) groups is 2. The van der Waals surface area contributed by atoms with E-state index in [0.29, 0.717) is 17.0 Å². The number of aryl methyl sites for hydroxylation is 1. The number of anilines is 1. The Morgan fingerprint density at radius 1 is 0.938 bits per heavy atom. The summed E-state index contributed by atoms with van der Waals surface area (Å²) < 4.78 is 35.0. The van der Waals surface area contributed by atoms with E-state index in [4.69, 9.17) is 9.47 Å². The molecule has 1 atom stereocenters. The van der Waals surface area contributed by atoms with Crippen LogP contribution in [0, 0.1) is 6.92 Å². The predicted molar refractivity (Wildman–Crippen MR) is 121 cm³/mol. The molecule has 1 amide bonds. The fourth-order valence-corrected chi connectivity index (χ4v) is 4.02. The van der Waals surface area contributed by atoms with Crippen LogP contribution in [0.5, 0.6) is 5.75 Å². The zero-order valence-corrected chi connectivity index (χ0v) is 18.7. The summed E-state index contributed by atoms with van der Waals surface area (Å²) in [5.74, 6) is -1.08. The lowest BCUT2D eigenvalue weighted by molar-refractivity contribution is -0.125. The number of rotatable bonds is 7. The minimum atomic E-state index is -3.68. The Kier molecular flexibility index (Phi) is 6.95. The van der Waals surface area contributed by atoms with Crippen LogP contribution < -0.4 is 10.1 Å². The van der Waals surface area contributed by atoms with Crippen molar-refractivity contribution < 1.29 is 27.5 Å². The highest BCUT2D eigenvalue weighted by atomic mass is 32.2. The molecule has 8 heteroatoms. The molecule has 0 saturated carbocycles.